The van der Waals surface area contributed by atoms with E-state index in [-0.39, 0.29) is 0 Å². The zero-order valence-electron chi connectivity index (χ0n) is 11.1. The maximum atomic E-state index is 2.24. The van der Waals surface area contributed by atoms with Crippen molar-refractivity contribution in [1.82, 2.24) is 0 Å². The molecule has 0 unspecified atom stereocenters. The Morgan fingerprint density at radius 2 is 1.33 bits per heavy atom. The van der Waals surface area contributed by atoms with Crippen molar-refractivity contribution in [3.63, 3.8) is 0 Å². The van der Waals surface area contributed by atoms with Crippen LogP contribution in [0.2, 0.25) is 0 Å². The van der Waals surface area contributed by atoms with E-state index in [0.717, 1.165) is 0 Å². The minimum absolute atomic E-state index is 1.32. The van der Waals surface area contributed by atoms with E-state index in [1.165, 1.54) is 41.4 Å². The number of hydrogen-bond donors (Lipinski definition) is 0. The molecule has 0 N–H and O–H groups in total. The van der Waals surface area contributed by atoms with Crippen LogP contribution in [0.25, 0.3) is 20.5 Å². The molecule has 0 fully saturated rings. The van der Waals surface area contributed by atoms with Gasteiger partial charge in [0.05, 0.1) is 4.70 Å². The largest absolute Gasteiger partial charge is 0.139 e. The van der Waals surface area contributed by atoms with E-state index in [0.29, 0.717) is 0 Å². The standard InChI is InChI=1S/C16H16S2/c1-9-5-7-13(8-6-9)14-12(4)18-15-10(2)11(3)17-16(14)15/h5-8H,1-4H3. The van der Waals surface area contributed by atoms with E-state index in [9.17, 15) is 0 Å². The predicted octanol–water partition coefficient (Wildman–Crippen LogP) is 5.86. The summed E-state index contributed by atoms with van der Waals surface area (Å²) in [7, 11) is 0. The molecule has 0 aliphatic carbocycles. The number of benzene rings is 1. The highest BCUT2D eigenvalue weighted by molar-refractivity contribution is 7.29. The highest BCUT2D eigenvalue weighted by atomic mass is 32.1. The van der Waals surface area contributed by atoms with E-state index < -0.39 is 0 Å². The second kappa shape index (κ2) is 4.22. The first-order valence-corrected chi connectivity index (χ1v) is 7.77. The Balaban J connectivity index is 2.31. The van der Waals surface area contributed by atoms with Gasteiger partial charge in [-0.2, -0.15) is 0 Å². The van der Waals surface area contributed by atoms with Crippen LogP contribution in [0.5, 0.6) is 0 Å². The van der Waals surface area contributed by atoms with Gasteiger partial charge in [0, 0.05) is 20.0 Å². The smallest absolute Gasteiger partial charge is 0.0537 e. The molecule has 0 aliphatic heterocycles. The van der Waals surface area contributed by atoms with Crippen molar-refractivity contribution in [2.24, 2.45) is 0 Å². The van der Waals surface area contributed by atoms with Gasteiger partial charge in [-0.1, -0.05) is 29.8 Å². The van der Waals surface area contributed by atoms with Gasteiger partial charge in [-0.05, 0) is 38.8 Å². The summed E-state index contributed by atoms with van der Waals surface area (Å²) in [4.78, 5) is 2.88. The van der Waals surface area contributed by atoms with Crippen LogP contribution in [0.1, 0.15) is 20.9 Å². The fourth-order valence-corrected chi connectivity index (χ4v) is 5.00. The van der Waals surface area contributed by atoms with Crippen LogP contribution < -0.4 is 0 Å². The van der Waals surface area contributed by atoms with Crippen LogP contribution in [0, 0.1) is 27.7 Å². The quantitative estimate of drug-likeness (QED) is 0.520. The lowest BCUT2D eigenvalue weighted by Crippen LogP contribution is -1.77. The first-order chi connectivity index (χ1) is 8.58. The molecule has 18 heavy (non-hydrogen) atoms. The second-order valence-corrected chi connectivity index (χ2v) is 7.29. The topological polar surface area (TPSA) is 0 Å². The van der Waals surface area contributed by atoms with Gasteiger partial charge in [0.1, 0.15) is 0 Å². The van der Waals surface area contributed by atoms with E-state index >= 15 is 0 Å². The molecule has 2 heteroatoms. The molecule has 0 nitrogen and oxygen atoms in total. The molecule has 2 aromatic heterocycles. The number of hydrogen-bond acceptors (Lipinski definition) is 2. The van der Waals surface area contributed by atoms with Gasteiger partial charge in [-0.15, -0.1) is 22.7 Å². The lowest BCUT2D eigenvalue weighted by molar-refractivity contribution is 1.47. The molecule has 3 rings (SSSR count). The van der Waals surface area contributed by atoms with E-state index in [1.54, 1.807) is 0 Å². The zero-order chi connectivity index (χ0) is 12.9. The summed E-state index contributed by atoms with van der Waals surface area (Å²) in [5.74, 6) is 0. The van der Waals surface area contributed by atoms with Gasteiger partial charge >= 0.3 is 0 Å². The molecule has 0 aliphatic rings. The third-order valence-corrected chi connectivity index (χ3v) is 6.08. The molecule has 0 atom stereocenters. The molecule has 0 spiro atoms. The molecule has 0 bridgehead atoms. The molecular weight excluding hydrogens is 256 g/mol. The van der Waals surface area contributed by atoms with Crippen LogP contribution in [0.3, 0.4) is 0 Å². The van der Waals surface area contributed by atoms with Gasteiger partial charge in [0.15, 0.2) is 0 Å². The van der Waals surface area contributed by atoms with Crippen molar-refractivity contribution < 1.29 is 0 Å². The third-order valence-electron chi connectivity index (χ3n) is 3.50. The van der Waals surface area contributed by atoms with Crippen LogP contribution in [-0.2, 0) is 0 Å². The Morgan fingerprint density at radius 3 is 2.00 bits per heavy atom. The average Bonchev–Trinajstić information content (AvgIpc) is 2.79. The Hall–Kier alpha value is -1.12. The van der Waals surface area contributed by atoms with Crippen molar-refractivity contribution in [3.05, 3.63) is 45.1 Å². The normalized spacial score (nSPS) is 11.3. The van der Waals surface area contributed by atoms with E-state index in [2.05, 4.69) is 52.0 Å². The summed E-state index contributed by atoms with van der Waals surface area (Å²) in [6.07, 6.45) is 0. The van der Waals surface area contributed by atoms with Crippen LogP contribution >= 0.6 is 22.7 Å². The Morgan fingerprint density at radius 1 is 0.722 bits per heavy atom. The summed E-state index contributed by atoms with van der Waals surface area (Å²) in [6.45, 7) is 8.84. The van der Waals surface area contributed by atoms with Crippen molar-refractivity contribution >= 4 is 32.1 Å². The zero-order valence-corrected chi connectivity index (χ0v) is 12.8. The third kappa shape index (κ3) is 1.72. The first-order valence-electron chi connectivity index (χ1n) is 6.14. The van der Waals surface area contributed by atoms with Crippen molar-refractivity contribution in [2.45, 2.75) is 27.7 Å². The molecule has 92 valence electrons. The van der Waals surface area contributed by atoms with Gasteiger partial charge in [0.25, 0.3) is 0 Å². The van der Waals surface area contributed by atoms with E-state index in [4.69, 9.17) is 0 Å². The van der Waals surface area contributed by atoms with Gasteiger partial charge in [-0.25, -0.2) is 0 Å². The summed E-state index contributed by atoms with van der Waals surface area (Å²) in [5.41, 5.74) is 5.57. The predicted molar refractivity (Wildman–Crippen MR) is 84.1 cm³/mol. The van der Waals surface area contributed by atoms with Crippen molar-refractivity contribution in [1.29, 1.82) is 0 Å². The van der Waals surface area contributed by atoms with Gasteiger partial charge in [0.2, 0.25) is 0 Å². The fourth-order valence-electron chi connectivity index (χ4n) is 2.31. The molecule has 1 aromatic carbocycles. The van der Waals surface area contributed by atoms with Crippen LogP contribution in [-0.4, -0.2) is 0 Å². The lowest BCUT2D eigenvalue weighted by atomic mass is 10.0. The Kier molecular flexibility index (Phi) is 2.80. The Labute approximate surface area is 116 Å². The highest BCUT2D eigenvalue weighted by Gasteiger charge is 2.16. The molecular formula is C16H16S2. The highest BCUT2D eigenvalue weighted by Crippen LogP contribution is 2.45. The monoisotopic (exact) mass is 272 g/mol. The van der Waals surface area contributed by atoms with Crippen molar-refractivity contribution in [2.75, 3.05) is 0 Å². The van der Waals surface area contributed by atoms with E-state index in [1.807, 2.05) is 22.7 Å². The first kappa shape index (κ1) is 11.9. The summed E-state index contributed by atoms with van der Waals surface area (Å²) >= 11 is 3.87. The number of thiophene rings is 2. The minimum Gasteiger partial charge on any atom is -0.139 e. The fraction of sp³-hybridized carbons (Fsp3) is 0.250. The summed E-state index contributed by atoms with van der Waals surface area (Å²) in [6, 6.07) is 8.89. The Bertz CT molecular complexity index is 712. The van der Waals surface area contributed by atoms with Crippen LogP contribution in [0.4, 0.5) is 0 Å². The summed E-state index contributed by atoms with van der Waals surface area (Å²) < 4.78 is 2.95. The lowest BCUT2D eigenvalue weighted by Gasteiger charge is -2.01. The maximum absolute atomic E-state index is 2.24. The molecule has 0 radical (unpaired) electrons. The SMILES string of the molecule is Cc1ccc(-c2c(C)sc3c(C)c(C)sc23)cc1. The maximum Gasteiger partial charge on any atom is 0.0537 e. The molecule has 0 saturated heterocycles. The van der Waals surface area contributed by atoms with Crippen LogP contribution in [0.15, 0.2) is 24.3 Å². The second-order valence-electron chi connectivity index (χ2n) is 4.84. The minimum atomic E-state index is 1.32. The van der Waals surface area contributed by atoms with Gasteiger partial charge in [-0.3, -0.25) is 0 Å². The van der Waals surface area contributed by atoms with Gasteiger partial charge < -0.3 is 0 Å². The average molecular weight is 272 g/mol. The number of fused-ring (bicyclic) bond motifs is 1. The molecule has 2 heterocycles. The summed E-state index contributed by atoms with van der Waals surface area (Å²) in [5, 5.41) is 0. The van der Waals surface area contributed by atoms with Crippen molar-refractivity contribution in [3.8, 4) is 11.1 Å². The number of rotatable bonds is 1. The molecule has 3 aromatic rings. The molecule has 0 amide bonds. The molecule has 0 saturated carbocycles. The number of aryl methyl sites for hydroxylation is 4.